The highest BCUT2D eigenvalue weighted by molar-refractivity contribution is 5.67. The van der Waals surface area contributed by atoms with Crippen molar-refractivity contribution in [3.8, 4) is 28.7 Å². The summed E-state index contributed by atoms with van der Waals surface area (Å²) in [7, 11) is 3.16. The Morgan fingerprint density at radius 3 is 2.33 bits per heavy atom. The molecular weight excluding hydrogens is 228 g/mol. The van der Waals surface area contributed by atoms with Gasteiger partial charge in [0.25, 0.3) is 0 Å². The maximum Gasteiger partial charge on any atom is 0.137 e. The van der Waals surface area contributed by atoms with Gasteiger partial charge in [-0.25, -0.2) is 0 Å². The molecule has 0 bridgehead atoms. The summed E-state index contributed by atoms with van der Waals surface area (Å²) in [6, 6.07) is 9.31. The lowest BCUT2D eigenvalue weighted by atomic mass is 10.0. The van der Waals surface area contributed by atoms with Crippen molar-refractivity contribution < 1.29 is 9.47 Å². The SMILES string of the molecule is COc1cncc(-c2cc(C#N)cc(OC)c2)c1. The Balaban J connectivity index is 2.52. The van der Waals surface area contributed by atoms with Crippen LogP contribution in [0.2, 0.25) is 0 Å². The van der Waals surface area contributed by atoms with Crippen molar-refractivity contribution in [1.29, 1.82) is 5.26 Å². The number of nitrogens with zero attached hydrogens (tertiary/aromatic N) is 2. The number of benzene rings is 1. The minimum atomic E-state index is 0.548. The van der Waals surface area contributed by atoms with Crippen LogP contribution in [0.4, 0.5) is 0 Å². The Hall–Kier alpha value is -2.54. The second kappa shape index (κ2) is 5.19. The molecule has 0 amide bonds. The molecule has 0 atom stereocenters. The zero-order valence-corrected chi connectivity index (χ0v) is 10.2. The van der Waals surface area contributed by atoms with Crippen LogP contribution in [0.3, 0.4) is 0 Å². The number of pyridine rings is 1. The van der Waals surface area contributed by atoms with Gasteiger partial charge in [-0.2, -0.15) is 5.26 Å². The van der Waals surface area contributed by atoms with Gasteiger partial charge in [0.15, 0.2) is 0 Å². The highest BCUT2D eigenvalue weighted by Crippen LogP contribution is 2.27. The zero-order chi connectivity index (χ0) is 13.0. The standard InChI is InChI=1S/C14H12N2O2/c1-17-13-4-10(7-15)3-11(5-13)12-6-14(18-2)9-16-8-12/h3-6,8-9H,1-2H3. The van der Waals surface area contributed by atoms with E-state index in [1.54, 1.807) is 38.7 Å². The summed E-state index contributed by atoms with van der Waals surface area (Å²) in [6.45, 7) is 0. The molecule has 0 saturated carbocycles. The molecule has 0 fully saturated rings. The average Bonchev–Trinajstić information content (AvgIpc) is 2.46. The number of aromatic nitrogens is 1. The molecule has 2 rings (SSSR count). The molecule has 0 saturated heterocycles. The van der Waals surface area contributed by atoms with E-state index in [9.17, 15) is 0 Å². The normalized spacial score (nSPS) is 9.61. The monoisotopic (exact) mass is 240 g/mol. The number of hydrogen-bond acceptors (Lipinski definition) is 4. The van der Waals surface area contributed by atoms with Crippen LogP contribution < -0.4 is 9.47 Å². The fourth-order valence-corrected chi connectivity index (χ4v) is 1.64. The number of ether oxygens (including phenoxy) is 2. The fraction of sp³-hybridized carbons (Fsp3) is 0.143. The Labute approximate surface area is 105 Å². The van der Waals surface area contributed by atoms with E-state index in [4.69, 9.17) is 14.7 Å². The van der Waals surface area contributed by atoms with Crippen LogP contribution in [-0.4, -0.2) is 19.2 Å². The lowest BCUT2D eigenvalue weighted by molar-refractivity contribution is 0.413. The van der Waals surface area contributed by atoms with Crippen molar-refractivity contribution in [2.24, 2.45) is 0 Å². The molecule has 18 heavy (non-hydrogen) atoms. The second-order valence-electron chi connectivity index (χ2n) is 3.68. The van der Waals surface area contributed by atoms with E-state index in [-0.39, 0.29) is 0 Å². The molecule has 90 valence electrons. The van der Waals surface area contributed by atoms with Crippen molar-refractivity contribution in [3.05, 3.63) is 42.2 Å². The van der Waals surface area contributed by atoms with Gasteiger partial charge in [-0.15, -0.1) is 0 Å². The van der Waals surface area contributed by atoms with Crippen molar-refractivity contribution in [1.82, 2.24) is 4.98 Å². The van der Waals surface area contributed by atoms with Crippen molar-refractivity contribution >= 4 is 0 Å². The highest BCUT2D eigenvalue weighted by atomic mass is 16.5. The summed E-state index contributed by atoms with van der Waals surface area (Å²) in [5.74, 6) is 1.32. The molecule has 0 unspecified atom stereocenters. The van der Waals surface area contributed by atoms with Gasteiger partial charge in [-0.05, 0) is 29.8 Å². The third-order valence-corrected chi connectivity index (χ3v) is 2.55. The van der Waals surface area contributed by atoms with Crippen LogP contribution in [-0.2, 0) is 0 Å². The maximum absolute atomic E-state index is 8.98. The molecule has 1 heterocycles. The van der Waals surface area contributed by atoms with Gasteiger partial charge in [-0.3, -0.25) is 4.98 Å². The Bertz CT molecular complexity index is 603. The third kappa shape index (κ3) is 2.41. The number of methoxy groups -OCH3 is 2. The van der Waals surface area contributed by atoms with Crippen LogP contribution in [0.1, 0.15) is 5.56 Å². The molecule has 1 aromatic carbocycles. The van der Waals surface area contributed by atoms with E-state index in [1.165, 1.54) is 0 Å². The molecule has 4 heteroatoms. The van der Waals surface area contributed by atoms with Crippen LogP contribution in [0, 0.1) is 11.3 Å². The minimum Gasteiger partial charge on any atom is -0.497 e. The molecular formula is C14H12N2O2. The summed E-state index contributed by atoms with van der Waals surface area (Å²) in [5.41, 5.74) is 2.30. The molecule has 4 nitrogen and oxygen atoms in total. The van der Waals surface area contributed by atoms with Gasteiger partial charge in [-0.1, -0.05) is 0 Å². The number of nitriles is 1. The summed E-state index contributed by atoms with van der Waals surface area (Å²) in [4.78, 5) is 4.09. The Kier molecular flexibility index (Phi) is 3.44. The van der Waals surface area contributed by atoms with E-state index in [2.05, 4.69) is 11.1 Å². The fourth-order valence-electron chi connectivity index (χ4n) is 1.64. The van der Waals surface area contributed by atoms with Crippen LogP contribution >= 0.6 is 0 Å². The quantitative estimate of drug-likeness (QED) is 0.827. The molecule has 1 aromatic heterocycles. The second-order valence-corrected chi connectivity index (χ2v) is 3.68. The topological polar surface area (TPSA) is 55.1 Å². The van der Waals surface area contributed by atoms with Gasteiger partial charge in [0.1, 0.15) is 11.5 Å². The molecule has 0 radical (unpaired) electrons. The first-order valence-electron chi connectivity index (χ1n) is 5.35. The number of hydrogen-bond donors (Lipinski definition) is 0. The molecule has 0 spiro atoms. The molecule has 0 aliphatic carbocycles. The summed E-state index contributed by atoms with van der Waals surface area (Å²) in [6.07, 6.45) is 3.35. The largest absolute Gasteiger partial charge is 0.497 e. The summed E-state index contributed by atoms with van der Waals surface area (Å²) < 4.78 is 10.3. The van der Waals surface area contributed by atoms with Crippen molar-refractivity contribution in [3.63, 3.8) is 0 Å². The smallest absolute Gasteiger partial charge is 0.137 e. The van der Waals surface area contributed by atoms with Crippen molar-refractivity contribution in [2.75, 3.05) is 14.2 Å². The minimum absolute atomic E-state index is 0.548. The van der Waals surface area contributed by atoms with Crippen LogP contribution in [0.5, 0.6) is 11.5 Å². The lowest BCUT2D eigenvalue weighted by Crippen LogP contribution is -1.89. The van der Waals surface area contributed by atoms with E-state index >= 15 is 0 Å². The lowest BCUT2D eigenvalue weighted by Gasteiger charge is -2.07. The molecule has 2 aromatic rings. The van der Waals surface area contributed by atoms with Crippen LogP contribution in [0.15, 0.2) is 36.7 Å². The Morgan fingerprint density at radius 2 is 1.67 bits per heavy atom. The predicted octanol–water partition coefficient (Wildman–Crippen LogP) is 2.64. The van der Waals surface area contributed by atoms with E-state index in [0.29, 0.717) is 17.1 Å². The predicted molar refractivity (Wildman–Crippen MR) is 67.5 cm³/mol. The zero-order valence-electron chi connectivity index (χ0n) is 10.2. The molecule has 0 aliphatic heterocycles. The van der Waals surface area contributed by atoms with E-state index < -0.39 is 0 Å². The first-order valence-corrected chi connectivity index (χ1v) is 5.35. The van der Waals surface area contributed by atoms with Gasteiger partial charge < -0.3 is 9.47 Å². The van der Waals surface area contributed by atoms with Crippen LogP contribution in [0.25, 0.3) is 11.1 Å². The third-order valence-electron chi connectivity index (χ3n) is 2.55. The first-order chi connectivity index (χ1) is 8.76. The van der Waals surface area contributed by atoms with Gasteiger partial charge in [0, 0.05) is 11.8 Å². The number of rotatable bonds is 3. The maximum atomic E-state index is 8.98. The summed E-state index contributed by atoms with van der Waals surface area (Å²) in [5, 5.41) is 8.98. The molecule has 0 aliphatic rings. The highest BCUT2D eigenvalue weighted by Gasteiger charge is 2.05. The molecule has 0 N–H and O–H groups in total. The van der Waals surface area contributed by atoms with Gasteiger partial charge in [0.05, 0.1) is 32.0 Å². The first kappa shape index (κ1) is 11.9. The van der Waals surface area contributed by atoms with Crippen molar-refractivity contribution in [2.45, 2.75) is 0 Å². The average molecular weight is 240 g/mol. The Morgan fingerprint density at radius 1 is 0.944 bits per heavy atom. The van der Waals surface area contributed by atoms with E-state index in [1.807, 2.05) is 12.1 Å². The van der Waals surface area contributed by atoms with Gasteiger partial charge in [0.2, 0.25) is 0 Å². The van der Waals surface area contributed by atoms with E-state index in [0.717, 1.165) is 11.1 Å². The summed E-state index contributed by atoms with van der Waals surface area (Å²) >= 11 is 0. The van der Waals surface area contributed by atoms with Gasteiger partial charge >= 0.3 is 0 Å².